The minimum atomic E-state index is -5.43. The molecule has 38 heavy (non-hydrogen) atoms. The van der Waals surface area contributed by atoms with Crippen LogP contribution in [0.1, 0.15) is 52.0 Å². The van der Waals surface area contributed by atoms with E-state index in [4.69, 9.17) is 11.6 Å². The van der Waals surface area contributed by atoms with E-state index in [0.717, 1.165) is 6.20 Å². The Morgan fingerprint density at radius 2 is 1.82 bits per heavy atom. The van der Waals surface area contributed by atoms with Crippen molar-refractivity contribution < 1.29 is 49.1 Å². The Kier molecular flexibility index (Phi) is 6.86. The smallest absolute Gasteiger partial charge is 0.374 e. The highest BCUT2D eigenvalue weighted by molar-refractivity contribution is 6.30. The van der Waals surface area contributed by atoms with Crippen molar-refractivity contribution in [3.63, 3.8) is 0 Å². The van der Waals surface area contributed by atoms with Gasteiger partial charge in [0, 0.05) is 36.2 Å². The van der Waals surface area contributed by atoms with Crippen molar-refractivity contribution in [1.82, 2.24) is 10.3 Å². The van der Waals surface area contributed by atoms with E-state index in [1.54, 1.807) is 0 Å². The molecular weight excluding hydrogens is 557 g/mol. The van der Waals surface area contributed by atoms with Gasteiger partial charge in [-0.15, -0.1) is 0 Å². The molecule has 2 heterocycles. The summed E-state index contributed by atoms with van der Waals surface area (Å²) in [6.45, 7) is 1.42. The number of benzene rings is 1. The molecule has 5 nitrogen and oxygen atoms in total. The molecule has 1 aromatic carbocycles. The van der Waals surface area contributed by atoms with E-state index < -0.39 is 69.8 Å². The second-order valence-corrected chi connectivity index (χ2v) is 9.60. The zero-order valence-electron chi connectivity index (χ0n) is 19.2. The van der Waals surface area contributed by atoms with E-state index in [1.165, 1.54) is 13.0 Å². The van der Waals surface area contributed by atoms with Crippen LogP contribution in [0.15, 0.2) is 29.6 Å². The molecule has 1 N–H and O–H groups in total. The Balaban J connectivity index is 1.59. The van der Waals surface area contributed by atoms with Crippen LogP contribution >= 0.6 is 11.6 Å². The largest absolute Gasteiger partial charge is 0.435 e. The van der Waals surface area contributed by atoms with Gasteiger partial charge in [-0.05, 0) is 36.6 Å². The summed E-state index contributed by atoms with van der Waals surface area (Å²) in [4.78, 5) is 20.9. The molecule has 1 aromatic heterocycles. The average molecular weight is 574 g/mol. The number of carbonyl (C=O) groups excluding carboxylic acids is 1. The van der Waals surface area contributed by atoms with Gasteiger partial charge >= 0.3 is 12.4 Å². The van der Waals surface area contributed by atoms with Crippen molar-refractivity contribution in [3.8, 4) is 0 Å². The summed E-state index contributed by atoms with van der Waals surface area (Å²) < 4.78 is 123. The molecule has 0 bridgehead atoms. The lowest BCUT2D eigenvalue weighted by atomic mass is 9.81. The zero-order chi connectivity index (χ0) is 28.3. The molecule has 0 spiro atoms. The minimum absolute atomic E-state index is 0.00458. The molecule has 15 heteroatoms. The van der Waals surface area contributed by atoms with Crippen molar-refractivity contribution >= 4 is 23.2 Å². The van der Waals surface area contributed by atoms with Gasteiger partial charge in [0.1, 0.15) is 11.5 Å². The molecule has 0 radical (unpaired) electrons. The van der Waals surface area contributed by atoms with E-state index in [1.807, 2.05) is 0 Å². The van der Waals surface area contributed by atoms with Gasteiger partial charge in [0.05, 0.1) is 23.2 Å². The fraction of sp³-hybridized carbons (Fsp3) is 0.435. The first-order valence-corrected chi connectivity index (χ1v) is 11.3. The molecule has 4 rings (SSSR count). The van der Waals surface area contributed by atoms with E-state index in [0.29, 0.717) is 6.07 Å². The zero-order valence-corrected chi connectivity index (χ0v) is 20.0. The highest BCUT2D eigenvalue weighted by Crippen LogP contribution is 2.51. The SMILES string of the molecule is Cc1cc(C2=NOC(c3cc(Cl)cc(C(F)(F)F)c3F)(C(F)(F)F)C2)ncc1C(=O)NCC1CC(F)(F)C1. The van der Waals surface area contributed by atoms with Crippen LogP contribution in [0.4, 0.5) is 39.5 Å². The third kappa shape index (κ3) is 5.14. The van der Waals surface area contributed by atoms with Gasteiger partial charge in [0.2, 0.25) is 5.92 Å². The molecule has 2 aliphatic rings. The number of alkyl halides is 8. The average Bonchev–Trinajstić information content (AvgIpc) is 3.23. The number of nitrogens with zero attached hydrogens (tertiary/aromatic N) is 2. The van der Waals surface area contributed by atoms with Crippen LogP contribution < -0.4 is 5.32 Å². The molecule has 1 fully saturated rings. The van der Waals surface area contributed by atoms with Crippen molar-refractivity contribution in [2.75, 3.05) is 6.54 Å². The van der Waals surface area contributed by atoms with E-state index in [2.05, 4.69) is 20.3 Å². The summed E-state index contributed by atoms with van der Waals surface area (Å²) in [6.07, 6.45) is -11.7. The number of oxime groups is 1. The first kappa shape index (κ1) is 28.0. The summed E-state index contributed by atoms with van der Waals surface area (Å²) in [5, 5.41) is 5.03. The first-order chi connectivity index (χ1) is 17.4. The minimum Gasteiger partial charge on any atom is -0.374 e. The van der Waals surface area contributed by atoms with Crippen molar-refractivity contribution in [1.29, 1.82) is 0 Å². The Bertz CT molecular complexity index is 1300. The molecule has 1 saturated carbocycles. The van der Waals surface area contributed by atoms with Gasteiger partial charge in [-0.3, -0.25) is 9.78 Å². The second kappa shape index (κ2) is 9.31. The van der Waals surface area contributed by atoms with E-state index in [9.17, 15) is 44.3 Å². The Morgan fingerprint density at radius 1 is 1.16 bits per heavy atom. The van der Waals surface area contributed by atoms with Crippen molar-refractivity contribution in [3.05, 3.63) is 63.2 Å². The third-order valence-corrected chi connectivity index (χ3v) is 6.56. The fourth-order valence-corrected chi connectivity index (χ4v) is 4.54. The van der Waals surface area contributed by atoms with E-state index in [-0.39, 0.29) is 42.3 Å². The molecule has 1 unspecified atom stereocenters. The summed E-state index contributed by atoms with van der Waals surface area (Å²) >= 11 is 5.60. The van der Waals surface area contributed by atoms with Crippen LogP contribution in [0.3, 0.4) is 0 Å². The quantitative estimate of drug-likeness (QED) is 0.412. The third-order valence-electron chi connectivity index (χ3n) is 6.34. The highest BCUT2D eigenvalue weighted by atomic mass is 35.5. The number of amides is 1. The molecule has 206 valence electrons. The fourth-order valence-electron chi connectivity index (χ4n) is 4.32. The van der Waals surface area contributed by atoms with Gasteiger partial charge in [-0.2, -0.15) is 26.3 Å². The van der Waals surface area contributed by atoms with Gasteiger partial charge in [0.25, 0.3) is 11.5 Å². The van der Waals surface area contributed by atoms with E-state index >= 15 is 0 Å². The van der Waals surface area contributed by atoms with Crippen LogP contribution in [0.5, 0.6) is 0 Å². The van der Waals surface area contributed by atoms with Crippen LogP contribution in [0.2, 0.25) is 5.02 Å². The predicted octanol–water partition coefficient (Wildman–Crippen LogP) is 6.56. The van der Waals surface area contributed by atoms with Crippen LogP contribution in [-0.2, 0) is 16.6 Å². The predicted molar refractivity (Wildman–Crippen MR) is 115 cm³/mol. The van der Waals surface area contributed by atoms with Gasteiger partial charge in [-0.1, -0.05) is 16.8 Å². The van der Waals surface area contributed by atoms with Gasteiger partial charge in [0.15, 0.2) is 0 Å². The number of halogens is 10. The Labute approximate surface area is 214 Å². The van der Waals surface area contributed by atoms with Crippen LogP contribution in [0, 0.1) is 18.7 Å². The topological polar surface area (TPSA) is 63.6 Å². The highest BCUT2D eigenvalue weighted by Gasteiger charge is 2.64. The maximum absolute atomic E-state index is 14.8. The molecule has 0 saturated heterocycles. The maximum atomic E-state index is 14.8. The normalized spacial score (nSPS) is 21.5. The summed E-state index contributed by atoms with van der Waals surface area (Å²) in [7, 11) is 0. The van der Waals surface area contributed by atoms with Crippen molar-refractivity contribution in [2.45, 2.75) is 50.1 Å². The summed E-state index contributed by atoms with van der Waals surface area (Å²) in [5.74, 6) is -6.01. The Morgan fingerprint density at radius 3 is 2.37 bits per heavy atom. The number of hydrogen-bond donors (Lipinski definition) is 1. The first-order valence-electron chi connectivity index (χ1n) is 10.9. The summed E-state index contributed by atoms with van der Waals surface area (Å²) in [5.41, 5.74) is -7.57. The lowest BCUT2D eigenvalue weighted by Crippen LogP contribution is -2.44. The summed E-state index contributed by atoms with van der Waals surface area (Å²) in [6, 6.07) is 1.74. The lowest BCUT2D eigenvalue weighted by molar-refractivity contribution is -0.277. The van der Waals surface area contributed by atoms with Gasteiger partial charge < -0.3 is 10.2 Å². The number of aromatic nitrogens is 1. The lowest BCUT2D eigenvalue weighted by Gasteiger charge is -2.34. The van der Waals surface area contributed by atoms with Gasteiger partial charge in [-0.25, -0.2) is 13.2 Å². The van der Waals surface area contributed by atoms with Crippen LogP contribution in [0.25, 0.3) is 0 Å². The monoisotopic (exact) mass is 573 g/mol. The number of rotatable bonds is 5. The number of hydrogen-bond acceptors (Lipinski definition) is 4. The number of nitrogens with one attached hydrogen (secondary N) is 1. The molecule has 1 atom stereocenters. The maximum Gasteiger partial charge on any atom is 0.435 e. The molecule has 1 aliphatic carbocycles. The number of aryl methyl sites for hydroxylation is 1. The van der Waals surface area contributed by atoms with Crippen LogP contribution in [-0.4, -0.2) is 35.2 Å². The molecule has 1 amide bonds. The van der Waals surface area contributed by atoms with Crippen molar-refractivity contribution in [2.24, 2.45) is 11.1 Å². The number of pyridine rings is 1. The molecule has 1 aliphatic heterocycles. The molecule has 2 aromatic rings. The Hall–Kier alpha value is -3.03. The number of carbonyl (C=O) groups is 1. The standard InChI is InChI=1S/C23H17ClF9N3O2/c1-10-2-16(34-9-13(10)19(37)35-8-11-5-20(26,27)6-11)17-7-21(38-36-17,23(31,32)33)14-3-12(24)4-15(18(14)25)22(28,29)30/h2-4,9,11H,5-8H2,1H3,(H,35,37). The second-order valence-electron chi connectivity index (χ2n) is 9.17. The molecular formula is C23H17ClF9N3O2.